The predicted octanol–water partition coefficient (Wildman–Crippen LogP) is 1.05. The van der Waals surface area contributed by atoms with Crippen molar-refractivity contribution in [1.82, 2.24) is 0 Å². The molecule has 76 valence electrons. The highest BCUT2D eigenvalue weighted by atomic mass is 16.6. The molecule has 0 aliphatic heterocycles. The molecule has 0 aromatic heterocycles. The Morgan fingerprint density at radius 1 is 1.46 bits per heavy atom. The lowest BCUT2D eigenvalue weighted by molar-refractivity contribution is -0.187. The van der Waals surface area contributed by atoms with Crippen LogP contribution in [0.5, 0.6) is 0 Å². The van der Waals surface area contributed by atoms with Gasteiger partial charge in [0.2, 0.25) is 0 Å². The van der Waals surface area contributed by atoms with Gasteiger partial charge in [0.05, 0.1) is 6.10 Å². The minimum absolute atomic E-state index is 0.316. The number of ether oxygens (including phenoxy) is 2. The van der Waals surface area contributed by atoms with Gasteiger partial charge in [0.1, 0.15) is 0 Å². The molecule has 1 fully saturated rings. The van der Waals surface area contributed by atoms with Crippen LogP contribution in [0, 0.1) is 0 Å². The summed E-state index contributed by atoms with van der Waals surface area (Å²) in [6.45, 7) is 0. The first-order chi connectivity index (χ1) is 6.17. The number of carboxylic acid groups (broad SMARTS) is 1. The second-order valence-corrected chi connectivity index (χ2v) is 3.37. The summed E-state index contributed by atoms with van der Waals surface area (Å²) in [6.07, 6.45) is 2.88. The highest BCUT2D eigenvalue weighted by molar-refractivity contribution is 5.78. The summed E-state index contributed by atoms with van der Waals surface area (Å²) in [5.74, 6) is -0.915. The Kier molecular flexibility index (Phi) is 3.27. The molecule has 13 heavy (non-hydrogen) atoms. The molecular weight excluding hydrogens is 172 g/mol. The minimum atomic E-state index is -1.12. The van der Waals surface area contributed by atoms with Crippen LogP contribution in [-0.4, -0.2) is 37.0 Å². The van der Waals surface area contributed by atoms with Crippen LogP contribution in [0.25, 0.3) is 0 Å². The molecule has 2 unspecified atom stereocenters. The van der Waals surface area contributed by atoms with Crippen LogP contribution in [0.4, 0.5) is 0 Å². The van der Waals surface area contributed by atoms with Gasteiger partial charge < -0.3 is 14.6 Å². The largest absolute Gasteiger partial charge is 0.479 e. The van der Waals surface area contributed by atoms with Crippen molar-refractivity contribution in [3.05, 3.63) is 0 Å². The standard InChI is InChI=1S/C9H16O4/c1-12-7-5-3-4-6-9(7,13-2)8(10)11/h7H,3-6H2,1-2H3,(H,10,11). The maximum atomic E-state index is 11.1. The molecule has 1 saturated carbocycles. The van der Waals surface area contributed by atoms with Gasteiger partial charge in [-0.05, 0) is 19.3 Å². The monoisotopic (exact) mass is 188 g/mol. The first kappa shape index (κ1) is 10.5. The van der Waals surface area contributed by atoms with E-state index in [1.165, 1.54) is 14.2 Å². The van der Waals surface area contributed by atoms with E-state index in [0.29, 0.717) is 6.42 Å². The van der Waals surface area contributed by atoms with Gasteiger partial charge in [-0.2, -0.15) is 0 Å². The van der Waals surface area contributed by atoms with Crippen LogP contribution in [-0.2, 0) is 14.3 Å². The van der Waals surface area contributed by atoms with Gasteiger partial charge in [0.25, 0.3) is 0 Å². The summed E-state index contributed by atoms with van der Waals surface area (Å²) in [5, 5.41) is 9.09. The van der Waals surface area contributed by atoms with Crippen molar-refractivity contribution < 1.29 is 19.4 Å². The zero-order valence-corrected chi connectivity index (χ0v) is 8.08. The van der Waals surface area contributed by atoms with Crippen LogP contribution in [0.15, 0.2) is 0 Å². The summed E-state index contributed by atoms with van der Waals surface area (Å²) in [6, 6.07) is 0. The summed E-state index contributed by atoms with van der Waals surface area (Å²) < 4.78 is 10.3. The Balaban J connectivity index is 2.84. The first-order valence-electron chi connectivity index (χ1n) is 4.48. The summed E-state index contributed by atoms with van der Waals surface area (Å²) in [4.78, 5) is 11.1. The van der Waals surface area contributed by atoms with Crippen LogP contribution in [0.1, 0.15) is 25.7 Å². The smallest absolute Gasteiger partial charge is 0.338 e. The van der Waals surface area contributed by atoms with Crippen LogP contribution < -0.4 is 0 Å². The van der Waals surface area contributed by atoms with Gasteiger partial charge in [0.15, 0.2) is 5.60 Å². The molecule has 0 spiro atoms. The summed E-state index contributed by atoms with van der Waals surface area (Å²) in [7, 11) is 2.97. The molecule has 0 aromatic rings. The Hall–Kier alpha value is -0.610. The van der Waals surface area contributed by atoms with Crippen molar-refractivity contribution in [1.29, 1.82) is 0 Å². The molecule has 1 aliphatic carbocycles. The third-order valence-electron chi connectivity index (χ3n) is 2.80. The summed E-state index contributed by atoms with van der Waals surface area (Å²) >= 11 is 0. The van der Waals surface area contributed by atoms with E-state index in [2.05, 4.69) is 0 Å². The van der Waals surface area contributed by atoms with Gasteiger partial charge in [-0.25, -0.2) is 4.79 Å². The van der Waals surface area contributed by atoms with E-state index in [1.54, 1.807) is 0 Å². The van der Waals surface area contributed by atoms with Crippen molar-refractivity contribution in [2.45, 2.75) is 37.4 Å². The molecule has 0 amide bonds. The van der Waals surface area contributed by atoms with Gasteiger partial charge in [-0.1, -0.05) is 6.42 Å². The average Bonchev–Trinajstić information content (AvgIpc) is 2.17. The van der Waals surface area contributed by atoms with E-state index < -0.39 is 11.6 Å². The minimum Gasteiger partial charge on any atom is -0.479 e. The van der Waals surface area contributed by atoms with Gasteiger partial charge in [-0.15, -0.1) is 0 Å². The van der Waals surface area contributed by atoms with E-state index >= 15 is 0 Å². The van der Waals surface area contributed by atoms with E-state index in [-0.39, 0.29) is 6.10 Å². The Labute approximate surface area is 77.8 Å². The number of carbonyl (C=O) groups is 1. The van der Waals surface area contributed by atoms with Crippen molar-refractivity contribution in [2.24, 2.45) is 0 Å². The second kappa shape index (κ2) is 4.07. The van der Waals surface area contributed by atoms with Crippen LogP contribution in [0.3, 0.4) is 0 Å². The number of aliphatic carboxylic acids is 1. The molecule has 1 rings (SSSR count). The van der Waals surface area contributed by atoms with Gasteiger partial charge in [0, 0.05) is 14.2 Å². The van der Waals surface area contributed by atoms with Crippen molar-refractivity contribution in [3.63, 3.8) is 0 Å². The first-order valence-corrected chi connectivity index (χ1v) is 4.48. The highest BCUT2D eigenvalue weighted by Gasteiger charge is 2.48. The third-order valence-corrected chi connectivity index (χ3v) is 2.80. The van der Waals surface area contributed by atoms with Crippen LogP contribution >= 0.6 is 0 Å². The zero-order valence-electron chi connectivity index (χ0n) is 8.08. The normalized spacial score (nSPS) is 34.5. The molecule has 0 radical (unpaired) electrons. The lowest BCUT2D eigenvalue weighted by Crippen LogP contribution is -2.53. The molecule has 4 nitrogen and oxygen atoms in total. The average molecular weight is 188 g/mol. The van der Waals surface area contributed by atoms with Gasteiger partial charge in [-0.3, -0.25) is 0 Å². The number of hydrogen-bond donors (Lipinski definition) is 1. The number of rotatable bonds is 3. The van der Waals surface area contributed by atoms with E-state index in [9.17, 15) is 4.79 Å². The molecule has 4 heteroatoms. The Bertz CT molecular complexity index is 192. The quantitative estimate of drug-likeness (QED) is 0.719. The molecule has 0 bridgehead atoms. The predicted molar refractivity (Wildman–Crippen MR) is 46.6 cm³/mol. The fraction of sp³-hybridized carbons (Fsp3) is 0.889. The Morgan fingerprint density at radius 2 is 2.15 bits per heavy atom. The van der Waals surface area contributed by atoms with Crippen molar-refractivity contribution in [2.75, 3.05) is 14.2 Å². The molecule has 1 N–H and O–H groups in total. The lowest BCUT2D eigenvalue weighted by atomic mass is 9.82. The van der Waals surface area contributed by atoms with Crippen molar-refractivity contribution in [3.8, 4) is 0 Å². The molecule has 0 saturated heterocycles. The maximum Gasteiger partial charge on any atom is 0.338 e. The van der Waals surface area contributed by atoms with Crippen molar-refractivity contribution >= 4 is 5.97 Å². The lowest BCUT2D eigenvalue weighted by Gasteiger charge is -2.38. The summed E-state index contributed by atoms with van der Waals surface area (Å²) in [5.41, 5.74) is -1.12. The topological polar surface area (TPSA) is 55.8 Å². The van der Waals surface area contributed by atoms with E-state index in [4.69, 9.17) is 14.6 Å². The molecule has 0 aromatic carbocycles. The zero-order chi connectivity index (χ0) is 9.90. The van der Waals surface area contributed by atoms with E-state index in [0.717, 1.165) is 19.3 Å². The molecular formula is C9H16O4. The maximum absolute atomic E-state index is 11.1. The fourth-order valence-corrected chi connectivity index (χ4v) is 1.99. The molecule has 2 atom stereocenters. The highest BCUT2D eigenvalue weighted by Crippen LogP contribution is 2.33. The SMILES string of the molecule is COC1CCCCC1(OC)C(=O)O. The van der Waals surface area contributed by atoms with E-state index in [1.807, 2.05) is 0 Å². The number of hydrogen-bond acceptors (Lipinski definition) is 3. The Morgan fingerprint density at radius 3 is 2.54 bits per heavy atom. The van der Waals surface area contributed by atoms with Gasteiger partial charge >= 0.3 is 5.97 Å². The molecule has 1 aliphatic rings. The number of methoxy groups -OCH3 is 2. The second-order valence-electron chi connectivity index (χ2n) is 3.37. The van der Waals surface area contributed by atoms with Crippen LogP contribution in [0.2, 0.25) is 0 Å². The number of carboxylic acids is 1. The fourth-order valence-electron chi connectivity index (χ4n) is 1.99. The molecule has 0 heterocycles. The third kappa shape index (κ3) is 1.69.